The summed E-state index contributed by atoms with van der Waals surface area (Å²) in [6.07, 6.45) is 0.716. The van der Waals surface area contributed by atoms with Crippen molar-refractivity contribution in [3.05, 3.63) is 113 Å². The van der Waals surface area contributed by atoms with Gasteiger partial charge in [0, 0.05) is 37.7 Å². The van der Waals surface area contributed by atoms with Gasteiger partial charge in [-0.1, -0.05) is 55.1 Å². The molecule has 19 nitrogen and oxygen atoms in total. The summed E-state index contributed by atoms with van der Waals surface area (Å²) in [6, 6.07) is 16.6. The van der Waals surface area contributed by atoms with E-state index < -0.39 is 64.8 Å². The molecule has 0 saturated carbocycles. The van der Waals surface area contributed by atoms with E-state index in [-0.39, 0.29) is 50.6 Å². The molecule has 0 aliphatic carbocycles. The molecule has 6 amide bonds. The van der Waals surface area contributed by atoms with Crippen LogP contribution in [0.3, 0.4) is 0 Å². The lowest BCUT2D eigenvalue weighted by molar-refractivity contribution is -0.384. The summed E-state index contributed by atoms with van der Waals surface area (Å²) >= 11 is 0. The molecule has 314 valence electrons. The number of ether oxygens (including phenoxy) is 3. The maximum absolute atomic E-state index is 13.9. The number of benzene rings is 3. The van der Waals surface area contributed by atoms with Gasteiger partial charge in [-0.15, -0.1) is 0 Å². The van der Waals surface area contributed by atoms with Crippen molar-refractivity contribution >= 4 is 53.2 Å². The summed E-state index contributed by atoms with van der Waals surface area (Å²) in [5.41, 5.74) is 1.41. The van der Waals surface area contributed by atoms with Crippen molar-refractivity contribution in [3.8, 4) is 5.75 Å². The van der Waals surface area contributed by atoms with Crippen LogP contribution < -0.4 is 36.6 Å². The van der Waals surface area contributed by atoms with Gasteiger partial charge < -0.3 is 46.1 Å². The van der Waals surface area contributed by atoms with Crippen molar-refractivity contribution in [3.63, 3.8) is 0 Å². The molecule has 0 bridgehead atoms. The van der Waals surface area contributed by atoms with Gasteiger partial charge in [0.15, 0.2) is 0 Å². The molecule has 6 N–H and O–H groups in total. The number of carbonyl (C=O) groups is 7. The van der Waals surface area contributed by atoms with E-state index in [2.05, 4.69) is 38.5 Å². The average molecular weight is 818 g/mol. The Hall–Kier alpha value is -7.31. The van der Waals surface area contributed by atoms with Crippen LogP contribution in [0.25, 0.3) is 0 Å². The highest BCUT2D eigenvalue weighted by Crippen LogP contribution is 2.18. The van der Waals surface area contributed by atoms with E-state index in [0.717, 1.165) is 0 Å². The van der Waals surface area contributed by atoms with Crippen molar-refractivity contribution in [2.45, 2.75) is 64.3 Å². The molecular formula is C40H47N7O12. The average Bonchev–Trinajstić information content (AvgIpc) is 3.21. The summed E-state index contributed by atoms with van der Waals surface area (Å²) in [5, 5.41) is 26.4. The number of unbranched alkanes of at least 4 members (excludes halogenated alkanes) is 1. The van der Waals surface area contributed by atoms with Crippen LogP contribution in [-0.4, -0.2) is 84.5 Å². The van der Waals surface area contributed by atoms with Gasteiger partial charge in [-0.25, -0.2) is 9.59 Å². The van der Waals surface area contributed by atoms with Crippen molar-refractivity contribution < 1.29 is 52.7 Å². The smallest absolute Gasteiger partial charge is 0.445 e. The number of amides is 6. The summed E-state index contributed by atoms with van der Waals surface area (Å²) < 4.78 is 15.1. The number of hydrogen-bond donors (Lipinski definition) is 6. The highest BCUT2D eigenvalue weighted by atomic mass is 16.7. The van der Waals surface area contributed by atoms with E-state index in [9.17, 15) is 43.7 Å². The molecule has 3 aromatic rings. The number of non-ortho nitro benzene ring substituents is 1. The summed E-state index contributed by atoms with van der Waals surface area (Å²) in [6.45, 7) is 5.86. The predicted molar refractivity (Wildman–Crippen MR) is 213 cm³/mol. The molecule has 0 unspecified atom stereocenters. The van der Waals surface area contributed by atoms with Gasteiger partial charge in [0.05, 0.1) is 11.5 Å². The van der Waals surface area contributed by atoms with E-state index in [4.69, 9.17) is 14.2 Å². The van der Waals surface area contributed by atoms with Crippen molar-refractivity contribution in [2.75, 3.05) is 25.0 Å². The minimum atomic E-state index is -1.18. The molecule has 3 aromatic carbocycles. The number of nitro groups is 1. The molecular weight excluding hydrogens is 770 g/mol. The first-order valence-corrected chi connectivity index (χ1v) is 18.4. The number of hydrogen-bond acceptors (Lipinski definition) is 12. The largest absolute Gasteiger partial charge is 0.514 e. The number of anilines is 1. The summed E-state index contributed by atoms with van der Waals surface area (Å²) in [5.74, 6) is -2.95. The molecule has 19 heteroatoms. The van der Waals surface area contributed by atoms with E-state index in [1.807, 2.05) is 0 Å². The summed E-state index contributed by atoms with van der Waals surface area (Å²) in [4.78, 5) is 98.4. The maximum Gasteiger partial charge on any atom is 0.514 e. The third-order valence-corrected chi connectivity index (χ3v) is 8.17. The van der Waals surface area contributed by atoms with E-state index in [1.165, 1.54) is 44.2 Å². The number of nitro benzene ring substituents is 1. The fourth-order valence-corrected chi connectivity index (χ4v) is 5.13. The van der Waals surface area contributed by atoms with Crippen LogP contribution in [0, 0.1) is 10.1 Å². The highest BCUT2D eigenvalue weighted by Gasteiger charge is 2.29. The SMILES string of the molecule is C=CCOC(=O)NCCCC[C@H](NC(=O)[C@H](Cc1ccccc1)NC(=O)[C@@H](C)NC(=O)CNC(C)=O)C(=O)Nc1ccc(COC(=O)Oc2ccc([N+](=O)[O-])cc2)cc1. The first-order valence-electron chi connectivity index (χ1n) is 18.4. The molecule has 0 aliphatic rings. The van der Waals surface area contributed by atoms with Gasteiger partial charge >= 0.3 is 12.2 Å². The van der Waals surface area contributed by atoms with Crippen LogP contribution in [0.4, 0.5) is 21.0 Å². The van der Waals surface area contributed by atoms with E-state index >= 15 is 0 Å². The van der Waals surface area contributed by atoms with Crippen LogP contribution in [0.15, 0.2) is 91.5 Å². The fourth-order valence-electron chi connectivity index (χ4n) is 5.13. The Morgan fingerprint density at radius 1 is 0.780 bits per heavy atom. The third-order valence-electron chi connectivity index (χ3n) is 8.17. The highest BCUT2D eigenvalue weighted by molar-refractivity contribution is 5.99. The minimum Gasteiger partial charge on any atom is -0.445 e. The van der Waals surface area contributed by atoms with Gasteiger partial charge in [0.25, 0.3) is 5.69 Å². The number of rotatable bonds is 22. The maximum atomic E-state index is 13.9. The molecule has 0 spiro atoms. The third kappa shape index (κ3) is 17.6. The summed E-state index contributed by atoms with van der Waals surface area (Å²) in [7, 11) is 0. The first-order chi connectivity index (χ1) is 28.2. The lowest BCUT2D eigenvalue weighted by Crippen LogP contribution is -2.56. The van der Waals surface area contributed by atoms with Crippen molar-refractivity contribution in [1.29, 1.82) is 0 Å². The Morgan fingerprint density at radius 3 is 2.10 bits per heavy atom. The molecule has 3 rings (SSSR count). The first kappa shape index (κ1) is 46.1. The van der Waals surface area contributed by atoms with Crippen molar-refractivity contribution in [1.82, 2.24) is 26.6 Å². The minimum absolute atomic E-state index is 0.0356. The van der Waals surface area contributed by atoms with Gasteiger partial charge in [0.2, 0.25) is 29.5 Å². The number of nitrogens with one attached hydrogen (secondary N) is 6. The standard InChI is InChI=1S/C40H47N7O12/c1-4-22-57-39(53)41-21-9-8-12-33(37(51)44-30-15-13-29(14-16-30)25-58-40(54)59-32-19-17-31(18-20-32)47(55)56)45-38(52)34(23-28-10-6-5-7-11-28)46-36(50)26(2)43-35(49)24-42-27(3)48/h4-7,10-11,13-20,26,33-34H,1,8-9,12,21-25H2,2-3H3,(H,41,53)(H,42,48)(H,43,49)(H,44,51)(H,45,52)(H,46,50)/t26-,33+,34+/m1/s1. The van der Waals surface area contributed by atoms with Crippen LogP contribution in [-0.2, 0) is 46.5 Å². The topological polar surface area (TPSA) is 262 Å². The van der Waals surface area contributed by atoms with Gasteiger partial charge in [-0.2, -0.15) is 0 Å². The monoisotopic (exact) mass is 817 g/mol. The molecule has 0 saturated heterocycles. The van der Waals surface area contributed by atoms with Crippen LogP contribution >= 0.6 is 0 Å². The molecule has 0 heterocycles. The second-order valence-electron chi connectivity index (χ2n) is 12.9. The Morgan fingerprint density at radius 2 is 1.46 bits per heavy atom. The zero-order chi connectivity index (χ0) is 43.2. The Bertz CT molecular complexity index is 1930. The van der Waals surface area contributed by atoms with Crippen LogP contribution in [0.2, 0.25) is 0 Å². The molecule has 0 radical (unpaired) electrons. The number of alkyl carbamates (subject to hydrolysis) is 1. The van der Waals surface area contributed by atoms with Gasteiger partial charge in [0.1, 0.15) is 37.1 Å². The Balaban J connectivity index is 1.69. The van der Waals surface area contributed by atoms with Gasteiger partial charge in [-0.3, -0.25) is 34.1 Å². The zero-order valence-electron chi connectivity index (χ0n) is 32.5. The van der Waals surface area contributed by atoms with Crippen LogP contribution in [0.5, 0.6) is 5.75 Å². The normalized spacial score (nSPS) is 11.9. The quantitative estimate of drug-likeness (QED) is 0.0213. The lowest BCUT2D eigenvalue weighted by Gasteiger charge is -2.25. The zero-order valence-corrected chi connectivity index (χ0v) is 32.5. The molecule has 0 aromatic heterocycles. The van der Waals surface area contributed by atoms with E-state index in [0.29, 0.717) is 29.7 Å². The second-order valence-corrected chi connectivity index (χ2v) is 12.9. The molecule has 0 aliphatic heterocycles. The van der Waals surface area contributed by atoms with Crippen molar-refractivity contribution in [2.24, 2.45) is 0 Å². The van der Waals surface area contributed by atoms with Gasteiger partial charge in [-0.05, 0) is 61.6 Å². The molecule has 0 fully saturated rings. The molecule has 59 heavy (non-hydrogen) atoms. The Labute approximate surface area is 339 Å². The predicted octanol–water partition coefficient (Wildman–Crippen LogP) is 3.18. The number of nitrogens with zero attached hydrogens (tertiary/aromatic N) is 1. The van der Waals surface area contributed by atoms with E-state index in [1.54, 1.807) is 54.6 Å². The number of carbonyl (C=O) groups excluding carboxylic acids is 7. The fraction of sp³-hybridized carbons (Fsp3) is 0.325. The van der Waals surface area contributed by atoms with Crippen LogP contribution in [0.1, 0.15) is 44.2 Å². The lowest BCUT2D eigenvalue weighted by atomic mass is 10.0. The molecule has 3 atom stereocenters. The second kappa shape index (κ2) is 24.4. The Kier molecular flexibility index (Phi) is 19.0.